The highest BCUT2D eigenvalue weighted by atomic mass is 79.9. The minimum absolute atomic E-state index is 0.673. The predicted octanol–water partition coefficient (Wildman–Crippen LogP) is 4.42. The first kappa shape index (κ1) is 12.9. The van der Waals surface area contributed by atoms with Gasteiger partial charge in [0.25, 0.3) is 0 Å². The van der Waals surface area contributed by atoms with E-state index in [0.717, 1.165) is 38.7 Å². The molecule has 3 nitrogen and oxygen atoms in total. The lowest BCUT2D eigenvalue weighted by molar-refractivity contribution is 0.112. The van der Waals surface area contributed by atoms with Gasteiger partial charge in [-0.1, -0.05) is 15.9 Å². The second kappa shape index (κ2) is 5.13. The van der Waals surface area contributed by atoms with E-state index >= 15 is 0 Å². The van der Waals surface area contributed by atoms with Crippen LogP contribution in [0.25, 0.3) is 22.2 Å². The minimum atomic E-state index is 0.673. The van der Waals surface area contributed by atoms with Crippen LogP contribution in [-0.4, -0.2) is 18.4 Å². The van der Waals surface area contributed by atoms with Crippen LogP contribution < -0.4 is 4.74 Å². The first-order valence-electron chi connectivity index (χ1n) is 6.14. The van der Waals surface area contributed by atoms with Crippen LogP contribution in [0.15, 0.2) is 46.9 Å². The minimum Gasteiger partial charge on any atom is -0.497 e. The highest BCUT2D eigenvalue weighted by molar-refractivity contribution is 9.10. The van der Waals surface area contributed by atoms with E-state index in [1.165, 1.54) is 0 Å². The van der Waals surface area contributed by atoms with Crippen molar-refractivity contribution >= 4 is 33.1 Å². The van der Waals surface area contributed by atoms with Gasteiger partial charge in [0.2, 0.25) is 0 Å². The first-order chi connectivity index (χ1) is 9.72. The lowest BCUT2D eigenvalue weighted by atomic mass is 10.1. The number of fused-ring (bicyclic) bond motifs is 1. The number of halogens is 1. The highest BCUT2D eigenvalue weighted by Crippen LogP contribution is 2.31. The summed E-state index contributed by atoms with van der Waals surface area (Å²) >= 11 is 3.43. The molecule has 1 aromatic heterocycles. The summed E-state index contributed by atoms with van der Waals surface area (Å²) in [4.78, 5) is 14.8. The maximum absolute atomic E-state index is 11.5. The molecule has 100 valence electrons. The summed E-state index contributed by atoms with van der Waals surface area (Å²) in [5, 5.41) is 0.917. The van der Waals surface area contributed by atoms with Crippen molar-refractivity contribution < 1.29 is 9.53 Å². The summed E-state index contributed by atoms with van der Waals surface area (Å²) in [6, 6.07) is 13.5. The van der Waals surface area contributed by atoms with Crippen molar-refractivity contribution in [3.8, 4) is 17.0 Å². The van der Waals surface area contributed by atoms with E-state index in [1.807, 2.05) is 42.5 Å². The Morgan fingerprint density at radius 2 is 1.90 bits per heavy atom. The molecule has 0 bridgehead atoms. The van der Waals surface area contributed by atoms with E-state index in [1.54, 1.807) is 7.11 Å². The van der Waals surface area contributed by atoms with Gasteiger partial charge in [-0.25, -0.2) is 0 Å². The van der Waals surface area contributed by atoms with E-state index in [9.17, 15) is 4.79 Å². The molecule has 0 spiro atoms. The standard InChI is InChI=1S/C16H12BrNO2/c1-20-12-5-2-10(3-6-12)16-14(9-19)13-8-11(17)4-7-15(13)18-16/h2-9,18H,1H3. The number of carbonyl (C=O) groups is 1. The third-order valence-corrected chi connectivity index (χ3v) is 3.79. The van der Waals surface area contributed by atoms with Crippen LogP contribution in [-0.2, 0) is 0 Å². The quantitative estimate of drug-likeness (QED) is 0.723. The van der Waals surface area contributed by atoms with E-state index in [4.69, 9.17) is 4.74 Å². The zero-order valence-electron chi connectivity index (χ0n) is 10.8. The molecule has 0 atom stereocenters. The van der Waals surface area contributed by atoms with E-state index < -0.39 is 0 Å². The van der Waals surface area contributed by atoms with Crippen LogP contribution in [0, 0.1) is 0 Å². The van der Waals surface area contributed by atoms with Crippen LogP contribution in [0.2, 0.25) is 0 Å². The molecule has 4 heteroatoms. The van der Waals surface area contributed by atoms with E-state index in [-0.39, 0.29) is 0 Å². The topological polar surface area (TPSA) is 42.1 Å². The second-order valence-corrected chi connectivity index (χ2v) is 5.37. The molecule has 0 radical (unpaired) electrons. The van der Waals surface area contributed by atoms with Gasteiger partial charge in [0.05, 0.1) is 12.8 Å². The van der Waals surface area contributed by atoms with Crippen LogP contribution in [0.4, 0.5) is 0 Å². The number of methoxy groups -OCH3 is 1. The van der Waals surface area contributed by atoms with Crippen molar-refractivity contribution in [2.24, 2.45) is 0 Å². The van der Waals surface area contributed by atoms with Gasteiger partial charge in [-0.05, 0) is 48.0 Å². The molecule has 0 unspecified atom stereocenters. The Morgan fingerprint density at radius 3 is 2.55 bits per heavy atom. The molecule has 0 aliphatic rings. The summed E-state index contributed by atoms with van der Waals surface area (Å²) < 4.78 is 6.10. The Morgan fingerprint density at radius 1 is 1.15 bits per heavy atom. The number of nitrogens with one attached hydrogen (secondary N) is 1. The molecule has 1 N–H and O–H groups in total. The first-order valence-corrected chi connectivity index (χ1v) is 6.93. The SMILES string of the molecule is COc1ccc(-c2[nH]c3ccc(Br)cc3c2C=O)cc1. The molecule has 0 saturated heterocycles. The number of rotatable bonds is 3. The molecular weight excluding hydrogens is 318 g/mol. The maximum Gasteiger partial charge on any atom is 0.152 e. The Kier molecular flexibility index (Phi) is 3.32. The Hall–Kier alpha value is -2.07. The van der Waals surface area contributed by atoms with E-state index in [0.29, 0.717) is 5.56 Å². The number of carbonyl (C=O) groups excluding carboxylic acids is 1. The number of H-pyrrole nitrogens is 1. The third-order valence-electron chi connectivity index (χ3n) is 3.30. The number of ether oxygens (including phenoxy) is 1. The molecule has 3 aromatic rings. The van der Waals surface area contributed by atoms with Crippen LogP contribution in [0.1, 0.15) is 10.4 Å². The molecule has 0 saturated carbocycles. The molecule has 0 amide bonds. The molecule has 3 rings (SSSR count). The molecular formula is C16H12BrNO2. The van der Waals surface area contributed by atoms with Gasteiger partial charge in [-0.2, -0.15) is 0 Å². The maximum atomic E-state index is 11.5. The third kappa shape index (κ3) is 2.12. The molecule has 0 aliphatic heterocycles. The normalized spacial score (nSPS) is 10.7. The molecule has 0 aliphatic carbocycles. The van der Waals surface area contributed by atoms with Crippen molar-refractivity contribution in [2.45, 2.75) is 0 Å². The van der Waals surface area contributed by atoms with Crippen molar-refractivity contribution in [2.75, 3.05) is 7.11 Å². The van der Waals surface area contributed by atoms with Gasteiger partial charge >= 0.3 is 0 Å². The summed E-state index contributed by atoms with van der Waals surface area (Å²) in [7, 11) is 1.63. The zero-order valence-corrected chi connectivity index (χ0v) is 12.4. The Bertz CT molecular complexity index is 775. The van der Waals surface area contributed by atoms with Crippen LogP contribution in [0.3, 0.4) is 0 Å². The predicted molar refractivity (Wildman–Crippen MR) is 83.4 cm³/mol. The fourth-order valence-corrected chi connectivity index (χ4v) is 2.65. The van der Waals surface area contributed by atoms with Crippen molar-refractivity contribution in [1.82, 2.24) is 4.98 Å². The van der Waals surface area contributed by atoms with Gasteiger partial charge < -0.3 is 9.72 Å². The number of aromatic nitrogens is 1. The van der Waals surface area contributed by atoms with Gasteiger partial charge in [0.1, 0.15) is 5.75 Å². The summed E-state index contributed by atoms with van der Waals surface area (Å²) in [6.45, 7) is 0. The number of hydrogen-bond acceptors (Lipinski definition) is 2. The van der Waals surface area contributed by atoms with Crippen molar-refractivity contribution in [3.05, 3.63) is 52.5 Å². The Balaban J connectivity index is 2.21. The highest BCUT2D eigenvalue weighted by Gasteiger charge is 2.12. The number of hydrogen-bond donors (Lipinski definition) is 1. The summed E-state index contributed by atoms with van der Waals surface area (Å²) in [6.07, 6.45) is 0.894. The fourth-order valence-electron chi connectivity index (χ4n) is 2.29. The lowest BCUT2D eigenvalue weighted by Crippen LogP contribution is -1.86. The molecule has 0 fully saturated rings. The largest absolute Gasteiger partial charge is 0.497 e. The van der Waals surface area contributed by atoms with Gasteiger partial charge in [-0.3, -0.25) is 4.79 Å². The molecule has 2 aromatic carbocycles. The molecule has 20 heavy (non-hydrogen) atoms. The average Bonchev–Trinajstić information content (AvgIpc) is 2.85. The number of aldehydes is 1. The van der Waals surface area contributed by atoms with E-state index in [2.05, 4.69) is 20.9 Å². The van der Waals surface area contributed by atoms with Crippen molar-refractivity contribution in [3.63, 3.8) is 0 Å². The Labute approximate surface area is 124 Å². The zero-order chi connectivity index (χ0) is 14.1. The van der Waals surface area contributed by atoms with Crippen molar-refractivity contribution in [1.29, 1.82) is 0 Å². The molecule has 1 heterocycles. The van der Waals surface area contributed by atoms with Gasteiger partial charge in [0, 0.05) is 20.9 Å². The lowest BCUT2D eigenvalue weighted by Gasteiger charge is -2.02. The smallest absolute Gasteiger partial charge is 0.152 e. The number of aromatic amines is 1. The van der Waals surface area contributed by atoms with Gasteiger partial charge in [0.15, 0.2) is 6.29 Å². The monoisotopic (exact) mass is 329 g/mol. The van der Waals surface area contributed by atoms with Gasteiger partial charge in [-0.15, -0.1) is 0 Å². The summed E-state index contributed by atoms with van der Waals surface area (Å²) in [5.74, 6) is 0.792. The van der Waals surface area contributed by atoms with Crippen LogP contribution >= 0.6 is 15.9 Å². The second-order valence-electron chi connectivity index (χ2n) is 4.45. The average molecular weight is 330 g/mol. The summed E-state index contributed by atoms with van der Waals surface area (Å²) in [5.41, 5.74) is 3.41. The fraction of sp³-hybridized carbons (Fsp3) is 0.0625. The van der Waals surface area contributed by atoms with Crippen LogP contribution in [0.5, 0.6) is 5.75 Å². The number of benzene rings is 2.